The Morgan fingerprint density at radius 1 is 1.36 bits per heavy atom. The summed E-state index contributed by atoms with van der Waals surface area (Å²) in [6.07, 6.45) is 3.29. The topological polar surface area (TPSA) is 76.1 Å². The molecule has 1 N–H and O–H groups in total. The van der Waals surface area contributed by atoms with E-state index >= 15 is 0 Å². The van der Waals surface area contributed by atoms with Gasteiger partial charge >= 0.3 is 0 Å². The van der Waals surface area contributed by atoms with Crippen LogP contribution in [0.3, 0.4) is 0 Å². The van der Waals surface area contributed by atoms with Crippen LogP contribution in [-0.2, 0) is 9.84 Å². The lowest BCUT2D eigenvalue weighted by Gasteiger charge is -2.11. The quantitative estimate of drug-likeness (QED) is 0.854. The lowest BCUT2D eigenvalue weighted by Crippen LogP contribution is -2.24. The number of pyridine rings is 1. The van der Waals surface area contributed by atoms with Crippen LogP contribution in [0.25, 0.3) is 0 Å². The van der Waals surface area contributed by atoms with Crippen molar-refractivity contribution in [3.63, 3.8) is 0 Å². The number of carbonyl (C=O) groups is 1. The lowest BCUT2D eigenvalue weighted by molar-refractivity contribution is 0.0954. The largest absolute Gasteiger partial charge is 0.352 e. The number of aromatic nitrogens is 1. The van der Waals surface area contributed by atoms with E-state index in [9.17, 15) is 13.2 Å². The zero-order valence-electron chi connectivity index (χ0n) is 13.2. The van der Waals surface area contributed by atoms with E-state index < -0.39 is 9.84 Å². The van der Waals surface area contributed by atoms with Gasteiger partial charge in [0.15, 0.2) is 0 Å². The van der Waals surface area contributed by atoms with Gasteiger partial charge in [0.1, 0.15) is 15.0 Å². The Kier molecular flexibility index (Phi) is 7.29. The van der Waals surface area contributed by atoms with Crippen LogP contribution in [0.1, 0.15) is 55.5 Å². The predicted octanol–water partition coefficient (Wildman–Crippen LogP) is 2.80. The van der Waals surface area contributed by atoms with Gasteiger partial charge in [0.05, 0.1) is 17.1 Å². The second kappa shape index (κ2) is 8.48. The third-order valence-corrected chi connectivity index (χ3v) is 5.30. The molecule has 22 heavy (non-hydrogen) atoms. The van der Waals surface area contributed by atoms with Gasteiger partial charge in [0.25, 0.3) is 5.91 Å². The highest BCUT2D eigenvalue weighted by Gasteiger charge is 2.16. The average Bonchev–Trinajstić information content (AvgIpc) is 2.84. The number of nitrogens with one attached hydrogen (secondary N) is 1. The van der Waals surface area contributed by atoms with E-state index in [-0.39, 0.29) is 11.8 Å². The molecule has 1 fully saturated rings. The van der Waals surface area contributed by atoms with Crippen LogP contribution in [0.15, 0.2) is 12.3 Å². The molecule has 5 nitrogen and oxygen atoms in total. The first-order valence-corrected chi connectivity index (χ1v) is 9.60. The molecule has 2 heterocycles. The van der Waals surface area contributed by atoms with Crippen molar-refractivity contribution in [2.75, 3.05) is 18.1 Å². The number of rotatable bonds is 3. The van der Waals surface area contributed by atoms with Crippen molar-refractivity contribution < 1.29 is 13.2 Å². The van der Waals surface area contributed by atoms with Gasteiger partial charge < -0.3 is 5.32 Å². The first-order chi connectivity index (χ1) is 10.3. The molecule has 0 saturated carbocycles. The highest BCUT2D eigenvalue weighted by atomic mass is 35.5. The number of nitrogens with zero attached hydrogens (tertiary/aromatic N) is 1. The monoisotopic (exact) mass is 346 g/mol. The van der Waals surface area contributed by atoms with Crippen molar-refractivity contribution >= 4 is 27.3 Å². The Morgan fingerprint density at radius 2 is 1.95 bits per heavy atom. The van der Waals surface area contributed by atoms with Crippen LogP contribution >= 0.6 is 11.6 Å². The average molecular weight is 347 g/mol. The van der Waals surface area contributed by atoms with Gasteiger partial charge in [-0.3, -0.25) is 4.79 Å². The molecule has 0 aliphatic carbocycles. The first-order valence-electron chi connectivity index (χ1n) is 7.41. The van der Waals surface area contributed by atoms with Gasteiger partial charge in [0, 0.05) is 12.7 Å². The second-order valence-electron chi connectivity index (χ2n) is 5.47. The van der Waals surface area contributed by atoms with E-state index in [1.54, 1.807) is 6.07 Å². The van der Waals surface area contributed by atoms with Crippen LogP contribution < -0.4 is 5.32 Å². The summed E-state index contributed by atoms with van der Waals surface area (Å²) >= 11 is 5.80. The van der Waals surface area contributed by atoms with E-state index in [1.807, 2.05) is 20.8 Å². The molecule has 1 aliphatic heterocycles. The van der Waals surface area contributed by atoms with E-state index in [1.165, 1.54) is 6.20 Å². The minimum absolute atomic E-state index is 0.0923. The Labute approximate surface area is 137 Å². The fourth-order valence-electron chi connectivity index (χ4n) is 2.11. The minimum atomic E-state index is -2.55. The fourth-order valence-corrected chi connectivity index (χ4v) is 3.77. The van der Waals surface area contributed by atoms with Crippen LogP contribution in [0.2, 0.25) is 5.15 Å². The van der Waals surface area contributed by atoms with E-state index in [2.05, 4.69) is 10.3 Å². The number of amides is 1. The van der Waals surface area contributed by atoms with Gasteiger partial charge in [-0.1, -0.05) is 25.4 Å². The fraction of sp³-hybridized carbons (Fsp3) is 0.600. The molecule has 0 radical (unpaired) electrons. The summed E-state index contributed by atoms with van der Waals surface area (Å²) in [6.45, 7) is 6.54. The summed E-state index contributed by atoms with van der Waals surface area (Å²) in [5, 5.41) is 3.18. The molecule has 1 aromatic rings. The third-order valence-electron chi connectivity index (χ3n) is 3.27. The summed E-state index contributed by atoms with van der Waals surface area (Å²) < 4.78 is 20.9. The van der Waals surface area contributed by atoms with Crippen LogP contribution in [-0.4, -0.2) is 37.4 Å². The molecule has 2 rings (SSSR count). The molecule has 124 valence electrons. The normalized spacial score (nSPS) is 16.0. The zero-order valence-corrected chi connectivity index (χ0v) is 14.8. The summed E-state index contributed by atoms with van der Waals surface area (Å²) in [7, 11) is -2.55. The lowest BCUT2D eigenvalue weighted by atomic mass is 9.99. The highest BCUT2D eigenvalue weighted by Crippen LogP contribution is 2.21. The summed E-state index contributed by atoms with van der Waals surface area (Å²) in [5.74, 6) is 1.01. The summed E-state index contributed by atoms with van der Waals surface area (Å²) in [4.78, 5) is 15.6. The van der Waals surface area contributed by atoms with Crippen molar-refractivity contribution in [1.29, 1.82) is 0 Å². The Balaban J connectivity index is 0.000000287. The minimum Gasteiger partial charge on any atom is -0.352 e. The van der Waals surface area contributed by atoms with Gasteiger partial charge in [-0.25, -0.2) is 13.4 Å². The number of halogens is 1. The van der Waals surface area contributed by atoms with Gasteiger partial charge in [-0.05, 0) is 37.3 Å². The molecule has 1 aliphatic rings. The summed E-state index contributed by atoms with van der Waals surface area (Å²) in [5.41, 5.74) is 1.54. The standard InChI is InChI=1S/C11H15ClN2O.C4H8O2S/c1-4-13-11(15)9-6-14-10(12)5-8(9)7(2)3;5-7(6)3-1-2-4-7/h5-7H,4H2,1-3H3,(H,13,15);1-4H2. The Bertz CT molecular complexity index is 603. The van der Waals surface area contributed by atoms with Crippen molar-refractivity contribution in [2.45, 2.75) is 39.5 Å². The molecule has 0 unspecified atom stereocenters. The van der Waals surface area contributed by atoms with Crippen molar-refractivity contribution in [3.05, 3.63) is 28.5 Å². The van der Waals surface area contributed by atoms with Crippen LogP contribution in [0.5, 0.6) is 0 Å². The van der Waals surface area contributed by atoms with E-state index in [0.29, 0.717) is 28.8 Å². The molecular formula is C15H23ClN2O3S. The first kappa shape index (κ1) is 18.9. The third kappa shape index (κ3) is 5.93. The molecule has 7 heteroatoms. The maximum absolute atomic E-state index is 11.7. The van der Waals surface area contributed by atoms with Gasteiger partial charge in [0.2, 0.25) is 0 Å². The van der Waals surface area contributed by atoms with Crippen LogP contribution in [0.4, 0.5) is 0 Å². The highest BCUT2D eigenvalue weighted by molar-refractivity contribution is 7.91. The number of hydrogen-bond acceptors (Lipinski definition) is 4. The van der Waals surface area contributed by atoms with E-state index in [4.69, 9.17) is 11.6 Å². The molecule has 1 amide bonds. The van der Waals surface area contributed by atoms with Crippen molar-refractivity contribution in [2.24, 2.45) is 0 Å². The van der Waals surface area contributed by atoms with Gasteiger partial charge in [-0.2, -0.15) is 0 Å². The SMILES string of the molecule is CCNC(=O)c1cnc(Cl)cc1C(C)C.O=S1(=O)CCCC1. The molecule has 0 atom stereocenters. The van der Waals surface area contributed by atoms with E-state index in [0.717, 1.165) is 18.4 Å². The smallest absolute Gasteiger partial charge is 0.253 e. The van der Waals surface area contributed by atoms with Crippen molar-refractivity contribution in [3.8, 4) is 0 Å². The molecular weight excluding hydrogens is 324 g/mol. The maximum atomic E-state index is 11.7. The second-order valence-corrected chi connectivity index (χ2v) is 8.16. The number of sulfone groups is 1. The Morgan fingerprint density at radius 3 is 2.36 bits per heavy atom. The predicted molar refractivity (Wildman–Crippen MR) is 89.2 cm³/mol. The maximum Gasteiger partial charge on any atom is 0.253 e. The van der Waals surface area contributed by atoms with Crippen molar-refractivity contribution in [1.82, 2.24) is 10.3 Å². The molecule has 0 aromatic carbocycles. The van der Waals surface area contributed by atoms with Gasteiger partial charge in [-0.15, -0.1) is 0 Å². The molecule has 1 aromatic heterocycles. The molecule has 0 bridgehead atoms. The zero-order chi connectivity index (χ0) is 16.8. The van der Waals surface area contributed by atoms with Crippen LogP contribution in [0, 0.1) is 0 Å². The Hall–Kier alpha value is -1.14. The number of hydrogen-bond donors (Lipinski definition) is 1. The molecule has 0 spiro atoms. The molecule has 1 saturated heterocycles. The number of carbonyl (C=O) groups excluding carboxylic acids is 1. The summed E-state index contributed by atoms with van der Waals surface area (Å²) in [6, 6.07) is 1.75.